The summed E-state index contributed by atoms with van der Waals surface area (Å²) in [5.74, 6) is 0. The first-order valence-corrected chi connectivity index (χ1v) is 8.40. The van der Waals surface area contributed by atoms with E-state index in [0.29, 0.717) is 17.9 Å². The van der Waals surface area contributed by atoms with Gasteiger partial charge in [0.25, 0.3) is 5.56 Å². The lowest BCUT2D eigenvalue weighted by atomic mass is 10.1. The first-order valence-electron chi connectivity index (χ1n) is 8.40. The van der Waals surface area contributed by atoms with Crippen LogP contribution in [-0.2, 0) is 13.0 Å². The predicted molar refractivity (Wildman–Crippen MR) is 103 cm³/mol. The van der Waals surface area contributed by atoms with Crippen LogP contribution in [0.2, 0.25) is 0 Å². The van der Waals surface area contributed by atoms with Crippen LogP contribution < -0.4 is 16.2 Å². The maximum atomic E-state index is 12.1. The fraction of sp³-hybridized carbons (Fsp3) is 0.150. The molecule has 0 aliphatic heterocycles. The summed E-state index contributed by atoms with van der Waals surface area (Å²) in [4.78, 5) is 27.7. The topological polar surface area (TPSA) is 76.0 Å². The molecule has 6 heteroatoms. The average molecular weight is 348 g/mol. The molecule has 2 amide bonds. The fourth-order valence-electron chi connectivity index (χ4n) is 2.59. The van der Waals surface area contributed by atoms with E-state index in [0.717, 1.165) is 12.0 Å². The van der Waals surface area contributed by atoms with Gasteiger partial charge in [-0.05, 0) is 54.8 Å². The average Bonchev–Trinajstić information content (AvgIpc) is 2.66. The second-order valence-corrected chi connectivity index (χ2v) is 5.85. The number of nitrogens with zero attached hydrogens (tertiary/aromatic N) is 2. The van der Waals surface area contributed by atoms with Crippen LogP contribution in [0.25, 0.3) is 0 Å². The molecule has 3 rings (SSSR count). The molecular weight excluding hydrogens is 328 g/mol. The Hall–Kier alpha value is -3.41. The number of carbonyl (C=O) groups excluding carboxylic acids is 1. The van der Waals surface area contributed by atoms with E-state index in [-0.39, 0.29) is 11.6 Å². The highest BCUT2D eigenvalue weighted by Gasteiger charge is 2.04. The summed E-state index contributed by atoms with van der Waals surface area (Å²) in [6, 6.07) is 14.3. The van der Waals surface area contributed by atoms with Gasteiger partial charge >= 0.3 is 6.03 Å². The highest BCUT2D eigenvalue weighted by Crippen LogP contribution is 2.14. The molecular formula is C20H20N4O2. The third-order valence-corrected chi connectivity index (χ3v) is 3.95. The number of rotatable bonds is 5. The number of amides is 2. The molecule has 0 aliphatic carbocycles. The second-order valence-electron chi connectivity index (χ2n) is 5.85. The van der Waals surface area contributed by atoms with Gasteiger partial charge in [0.1, 0.15) is 0 Å². The van der Waals surface area contributed by atoms with E-state index in [1.807, 2.05) is 43.3 Å². The smallest absolute Gasteiger partial charge is 0.314 e. The number of aryl methyl sites for hydroxylation is 1. The van der Waals surface area contributed by atoms with Crippen LogP contribution in [0.15, 0.2) is 71.9 Å². The lowest BCUT2D eigenvalue weighted by Gasteiger charge is -2.10. The van der Waals surface area contributed by atoms with Crippen LogP contribution in [0.3, 0.4) is 0 Å². The van der Waals surface area contributed by atoms with Gasteiger partial charge in [0.05, 0.1) is 5.69 Å². The van der Waals surface area contributed by atoms with E-state index >= 15 is 0 Å². The molecule has 0 aliphatic rings. The molecule has 0 saturated carbocycles. The molecule has 0 unspecified atom stereocenters. The van der Waals surface area contributed by atoms with Crippen molar-refractivity contribution < 1.29 is 4.79 Å². The van der Waals surface area contributed by atoms with Crippen molar-refractivity contribution in [3.8, 4) is 0 Å². The van der Waals surface area contributed by atoms with Gasteiger partial charge in [0, 0.05) is 36.9 Å². The van der Waals surface area contributed by atoms with Crippen molar-refractivity contribution in [2.75, 3.05) is 10.6 Å². The molecule has 0 bridgehead atoms. The number of nitrogens with one attached hydrogen (secondary N) is 2. The number of anilines is 2. The Bertz CT molecular complexity index is 934. The Balaban J connectivity index is 1.60. The van der Waals surface area contributed by atoms with E-state index in [1.165, 1.54) is 16.2 Å². The van der Waals surface area contributed by atoms with Gasteiger partial charge in [-0.2, -0.15) is 0 Å². The summed E-state index contributed by atoms with van der Waals surface area (Å²) >= 11 is 0. The van der Waals surface area contributed by atoms with Gasteiger partial charge < -0.3 is 15.2 Å². The first-order chi connectivity index (χ1) is 12.6. The molecule has 1 aromatic carbocycles. The van der Waals surface area contributed by atoms with Crippen molar-refractivity contribution in [1.82, 2.24) is 9.55 Å². The summed E-state index contributed by atoms with van der Waals surface area (Å²) in [5, 5.41) is 5.52. The van der Waals surface area contributed by atoms with Crippen molar-refractivity contribution in [3.63, 3.8) is 0 Å². The standard InChI is InChI=1S/C20H20N4O2/c1-2-24-14-18(7-8-19(24)25)23-20(26)22-17-5-3-15(4-6-17)13-16-9-11-21-12-10-16/h3-12,14H,2,13H2,1H3,(H2,22,23,26). The SMILES string of the molecule is CCn1cc(NC(=O)Nc2ccc(Cc3ccncc3)cc2)ccc1=O. The van der Waals surface area contributed by atoms with Crippen molar-refractivity contribution in [2.24, 2.45) is 0 Å². The number of hydrogen-bond acceptors (Lipinski definition) is 3. The maximum absolute atomic E-state index is 12.1. The van der Waals surface area contributed by atoms with Crippen LogP contribution in [0.1, 0.15) is 18.1 Å². The predicted octanol–water partition coefficient (Wildman–Crippen LogP) is 3.50. The highest BCUT2D eigenvalue weighted by atomic mass is 16.2. The van der Waals surface area contributed by atoms with E-state index in [4.69, 9.17) is 0 Å². The zero-order valence-electron chi connectivity index (χ0n) is 14.5. The summed E-state index contributed by atoms with van der Waals surface area (Å²) in [6.45, 7) is 2.42. The lowest BCUT2D eigenvalue weighted by molar-refractivity contribution is 0.262. The molecule has 0 atom stereocenters. The summed E-state index contributed by atoms with van der Waals surface area (Å²) in [5.41, 5.74) is 3.51. The van der Waals surface area contributed by atoms with Gasteiger partial charge in [-0.15, -0.1) is 0 Å². The van der Waals surface area contributed by atoms with E-state index in [9.17, 15) is 9.59 Å². The van der Waals surface area contributed by atoms with Crippen molar-refractivity contribution in [1.29, 1.82) is 0 Å². The minimum absolute atomic E-state index is 0.0942. The highest BCUT2D eigenvalue weighted by molar-refractivity contribution is 5.99. The van der Waals surface area contributed by atoms with Crippen molar-refractivity contribution >= 4 is 17.4 Å². The van der Waals surface area contributed by atoms with Crippen molar-refractivity contribution in [2.45, 2.75) is 19.9 Å². The molecule has 2 N–H and O–H groups in total. The van der Waals surface area contributed by atoms with Crippen LogP contribution in [0.5, 0.6) is 0 Å². The largest absolute Gasteiger partial charge is 0.323 e. The van der Waals surface area contributed by atoms with E-state index < -0.39 is 0 Å². The summed E-state index contributed by atoms with van der Waals surface area (Å²) < 4.78 is 1.53. The van der Waals surface area contributed by atoms with Gasteiger partial charge in [-0.1, -0.05) is 12.1 Å². The third kappa shape index (κ3) is 4.57. The Morgan fingerprint density at radius 1 is 0.923 bits per heavy atom. The number of urea groups is 1. The second kappa shape index (κ2) is 8.11. The van der Waals surface area contributed by atoms with Crippen LogP contribution in [-0.4, -0.2) is 15.6 Å². The van der Waals surface area contributed by atoms with Gasteiger partial charge in [-0.25, -0.2) is 4.79 Å². The molecule has 2 aromatic heterocycles. The van der Waals surface area contributed by atoms with Crippen LogP contribution in [0, 0.1) is 0 Å². The van der Waals surface area contributed by atoms with E-state index in [1.54, 1.807) is 24.7 Å². The maximum Gasteiger partial charge on any atom is 0.323 e. The molecule has 6 nitrogen and oxygen atoms in total. The van der Waals surface area contributed by atoms with E-state index in [2.05, 4.69) is 15.6 Å². The summed E-state index contributed by atoms with van der Waals surface area (Å²) in [7, 11) is 0. The van der Waals surface area contributed by atoms with Gasteiger partial charge in [0.2, 0.25) is 0 Å². The fourth-order valence-corrected chi connectivity index (χ4v) is 2.59. The number of aromatic nitrogens is 2. The molecule has 0 saturated heterocycles. The zero-order chi connectivity index (χ0) is 18.4. The monoisotopic (exact) mass is 348 g/mol. The zero-order valence-corrected chi connectivity index (χ0v) is 14.5. The Morgan fingerprint density at radius 2 is 1.54 bits per heavy atom. The Morgan fingerprint density at radius 3 is 2.23 bits per heavy atom. The minimum atomic E-state index is -0.354. The number of pyridine rings is 2. The molecule has 3 aromatic rings. The Labute approximate surface area is 151 Å². The van der Waals surface area contributed by atoms with Gasteiger partial charge in [0.15, 0.2) is 0 Å². The minimum Gasteiger partial charge on any atom is -0.314 e. The van der Waals surface area contributed by atoms with Crippen molar-refractivity contribution in [3.05, 3.63) is 88.6 Å². The molecule has 0 radical (unpaired) electrons. The van der Waals surface area contributed by atoms with Gasteiger partial charge in [-0.3, -0.25) is 9.78 Å². The normalized spacial score (nSPS) is 10.3. The molecule has 0 spiro atoms. The molecule has 26 heavy (non-hydrogen) atoms. The quantitative estimate of drug-likeness (QED) is 0.741. The number of benzene rings is 1. The van der Waals surface area contributed by atoms with Crippen LogP contribution >= 0.6 is 0 Å². The molecule has 0 fully saturated rings. The van der Waals surface area contributed by atoms with Crippen LogP contribution in [0.4, 0.5) is 16.2 Å². The third-order valence-electron chi connectivity index (χ3n) is 3.95. The molecule has 132 valence electrons. The molecule has 2 heterocycles. The lowest BCUT2D eigenvalue weighted by Crippen LogP contribution is -2.22. The number of hydrogen-bond donors (Lipinski definition) is 2. The number of carbonyl (C=O) groups is 1. The first kappa shape index (κ1) is 17.4. The summed E-state index contributed by atoms with van der Waals surface area (Å²) in [6.07, 6.45) is 5.99. The Kier molecular flexibility index (Phi) is 5.43.